The standard InChI is InChI=1S/C13H14Br2N2O4/c1-13(20-2-3-21-13)6-11(18)17-16-7-8-4-9(14)5-10(15)12(8)19/h4-5,7,19H,2-3,6H2,1H3,(H,17,18). The zero-order valence-electron chi connectivity index (χ0n) is 11.2. The molecule has 8 heteroatoms. The van der Waals surface area contributed by atoms with Crippen molar-refractivity contribution in [3.8, 4) is 5.75 Å². The summed E-state index contributed by atoms with van der Waals surface area (Å²) in [7, 11) is 0. The lowest BCUT2D eigenvalue weighted by Gasteiger charge is -2.20. The third-order valence-electron chi connectivity index (χ3n) is 2.83. The number of halogens is 2. The number of hydrazone groups is 1. The first-order valence-corrected chi connectivity index (χ1v) is 7.76. The van der Waals surface area contributed by atoms with Crippen LogP contribution in [0.25, 0.3) is 0 Å². The van der Waals surface area contributed by atoms with Crippen molar-refractivity contribution in [1.29, 1.82) is 0 Å². The van der Waals surface area contributed by atoms with Gasteiger partial charge in [0.25, 0.3) is 0 Å². The first kappa shape index (κ1) is 16.4. The Bertz CT molecular complexity index is 572. The summed E-state index contributed by atoms with van der Waals surface area (Å²) in [5, 5.41) is 13.7. The monoisotopic (exact) mass is 420 g/mol. The van der Waals surface area contributed by atoms with Gasteiger partial charge in [0.15, 0.2) is 5.79 Å². The molecule has 1 aromatic carbocycles. The minimum atomic E-state index is -0.888. The fourth-order valence-corrected chi connectivity index (χ4v) is 3.11. The van der Waals surface area contributed by atoms with E-state index in [9.17, 15) is 9.90 Å². The third-order valence-corrected chi connectivity index (χ3v) is 3.89. The van der Waals surface area contributed by atoms with Gasteiger partial charge >= 0.3 is 0 Å². The van der Waals surface area contributed by atoms with Crippen molar-refractivity contribution in [3.05, 3.63) is 26.6 Å². The summed E-state index contributed by atoms with van der Waals surface area (Å²) in [4.78, 5) is 11.7. The number of phenols is 1. The minimum absolute atomic E-state index is 0.0469. The molecular formula is C13H14Br2N2O4. The molecule has 0 aliphatic carbocycles. The highest BCUT2D eigenvalue weighted by Gasteiger charge is 2.33. The molecule has 0 bridgehead atoms. The fourth-order valence-electron chi connectivity index (χ4n) is 1.85. The Hall–Kier alpha value is -0.960. The summed E-state index contributed by atoms with van der Waals surface area (Å²) in [6.07, 6.45) is 1.42. The van der Waals surface area contributed by atoms with E-state index in [1.165, 1.54) is 6.21 Å². The quantitative estimate of drug-likeness (QED) is 0.578. The van der Waals surface area contributed by atoms with Crippen LogP contribution in [0.15, 0.2) is 26.2 Å². The summed E-state index contributed by atoms with van der Waals surface area (Å²) in [6.45, 7) is 2.67. The van der Waals surface area contributed by atoms with Crippen molar-refractivity contribution in [2.75, 3.05) is 13.2 Å². The summed E-state index contributed by atoms with van der Waals surface area (Å²) in [5.74, 6) is -1.17. The van der Waals surface area contributed by atoms with Crippen molar-refractivity contribution in [1.82, 2.24) is 5.43 Å². The number of ether oxygens (including phenoxy) is 2. The number of rotatable bonds is 4. The normalized spacial score (nSPS) is 17.3. The zero-order chi connectivity index (χ0) is 15.5. The van der Waals surface area contributed by atoms with Crippen molar-refractivity contribution >= 4 is 44.0 Å². The number of aromatic hydroxyl groups is 1. The molecule has 1 fully saturated rings. The number of phenolic OH excluding ortho intramolecular Hbond substituents is 1. The molecule has 0 unspecified atom stereocenters. The van der Waals surface area contributed by atoms with E-state index in [4.69, 9.17) is 9.47 Å². The second kappa shape index (κ2) is 6.87. The molecule has 114 valence electrons. The molecule has 1 aliphatic heterocycles. The third kappa shape index (κ3) is 4.50. The van der Waals surface area contributed by atoms with Gasteiger partial charge in [-0.15, -0.1) is 0 Å². The number of amides is 1. The van der Waals surface area contributed by atoms with Crippen LogP contribution in [0.3, 0.4) is 0 Å². The van der Waals surface area contributed by atoms with Gasteiger partial charge in [0.2, 0.25) is 5.91 Å². The number of carbonyl (C=O) groups is 1. The minimum Gasteiger partial charge on any atom is -0.506 e. The van der Waals surface area contributed by atoms with Gasteiger partial charge in [-0.1, -0.05) is 15.9 Å². The highest BCUT2D eigenvalue weighted by atomic mass is 79.9. The summed E-state index contributed by atoms with van der Waals surface area (Å²) < 4.78 is 12.0. The molecule has 0 radical (unpaired) electrons. The Balaban J connectivity index is 1.95. The highest BCUT2D eigenvalue weighted by Crippen LogP contribution is 2.30. The number of benzene rings is 1. The SMILES string of the molecule is CC1(CC(=O)NN=Cc2cc(Br)cc(Br)c2O)OCCO1. The van der Waals surface area contributed by atoms with E-state index in [1.807, 2.05) is 0 Å². The lowest BCUT2D eigenvalue weighted by atomic mass is 10.2. The number of hydrogen-bond acceptors (Lipinski definition) is 5. The van der Waals surface area contributed by atoms with E-state index < -0.39 is 5.79 Å². The van der Waals surface area contributed by atoms with Crippen LogP contribution < -0.4 is 5.43 Å². The molecule has 0 aromatic heterocycles. The van der Waals surface area contributed by atoms with E-state index in [-0.39, 0.29) is 18.1 Å². The van der Waals surface area contributed by atoms with Crippen molar-refractivity contribution in [3.63, 3.8) is 0 Å². The van der Waals surface area contributed by atoms with Gasteiger partial charge in [-0.25, -0.2) is 5.43 Å². The molecule has 0 spiro atoms. The van der Waals surface area contributed by atoms with E-state index >= 15 is 0 Å². The molecule has 1 aliphatic rings. The molecule has 0 saturated carbocycles. The predicted molar refractivity (Wildman–Crippen MR) is 84.2 cm³/mol. The summed E-state index contributed by atoms with van der Waals surface area (Å²) >= 11 is 6.53. The molecule has 1 aromatic rings. The molecule has 1 amide bonds. The smallest absolute Gasteiger partial charge is 0.245 e. The Morgan fingerprint density at radius 1 is 1.48 bits per heavy atom. The van der Waals surface area contributed by atoms with Gasteiger partial charge in [-0.3, -0.25) is 4.79 Å². The maximum Gasteiger partial charge on any atom is 0.245 e. The van der Waals surface area contributed by atoms with Crippen LogP contribution >= 0.6 is 31.9 Å². The van der Waals surface area contributed by atoms with E-state index in [0.717, 1.165) is 4.47 Å². The maximum absolute atomic E-state index is 11.7. The zero-order valence-corrected chi connectivity index (χ0v) is 14.4. The maximum atomic E-state index is 11.7. The average Bonchev–Trinajstić information content (AvgIpc) is 2.81. The van der Waals surface area contributed by atoms with Crippen LogP contribution in [0.2, 0.25) is 0 Å². The van der Waals surface area contributed by atoms with Crippen LogP contribution in [0.1, 0.15) is 18.9 Å². The van der Waals surface area contributed by atoms with Crippen LogP contribution in [0, 0.1) is 0 Å². The predicted octanol–water partition coefficient (Wildman–Crippen LogP) is 2.52. The van der Waals surface area contributed by atoms with Gasteiger partial charge in [-0.2, -0.15) is 5.10 Å². The average molecular weight is 422 g/mol. The van der Waals surface area contributed by atoms with Crippen LogP contribution in [0.4, 0.5) is 0 Å². The number of nitrogens with zero attached hydrogens (tertiary/aromatic N) is 1. The molecule has 1 saturated heterocycles. The van der Waals surface area contributed by atoms with Crippen LogP contribution in [-0.4, -0.2) is 36.2 Å². The Morgan fingerprint density at radius 3 is 2.81 bits per heavy atom. The topological polar surface area (TPSA) is 80.2 Å². The fraction of sp³-hybridized carbons (Fsp3) is 0.385. The lowest BCUT2D eigenvalue weighted by Crippen LogP contribution is -2.33. The Kier molecular flexibility index (Phi) is 5.37. The molecule has 1 heterocycles. The molecule has 0 atom stereocenters. The first-order valence-electron chi connectivity index (χ1n) is 6.17. The van der Waals surface area contributed by atoms with Crippen molar-refractivity contribution < 1.29 is 19.4 Å². The number of carbonyl (C=O) groups excluding carboxylic acids is 1. The lowest BCUT2D eigenvalue weighted by molar-refractivity contribution is -0.159. The summed E-state index contributed by atoms with van der Waals surface area (Å²) in [6, 6.07) is 3.39. The van der Waals surface area contributed by atoms with Crippen LogP contribution in [0.5, 0.6) is 5.75 Å². The van der Waals surface area contributed by atoms with Crippen molar-refractivity contribution in [2.24, 2.45) is 5.10 Å². The first-order chi connectivity index (χ1) is 9.89. The molecule has 2 N–H and O–H groups in total. The summed E-state index contributed by atoms with van der Waals surface area (Å²) in [5.41, 5.74) is 2.85. The van der Waals surface area contributed by atoms with E-state index in [0.29, 0.717) is 23.2 Å². The van der Waals surface area contributed by atoms with Crippen molar-refractivity contribution in [2.45, 2.75) is 19.1 Å². The largest absolute Gasteiger partial charge is 0.506 e. The molecule has 21 heavy (non-hydrogen) atoms. The number of hydrogen-bond donors (Lipinski definition) is 2. The molecule has 6 nitrogen and oxygen atoms in total. The second-order valence-electron chi connectivity index (χ2n) is 4.63. The van der Waals surface area contributed by atoms with Gasteiger partial charge < -0.3 is 14.6 Å². The van der Waals surface area contributed by atoms with Gasteiger partial charge in [0.05, 0.1) is 30.3 Å². The highest BCUT2D eigenvalue weighted by molar-refractivity contribution is 9.11. The van der Waals surface area contributed by atoms with E-state index in [2.05, 4.69) is 42.4 Å². The Morgan fingerprint density at radius 2 is 2.14 bits per heavy atom. The number of nitrogens with one attached hydrogen (secondary N) is 1. The van der Waals surface area contributed by atoms with Gasteiger partial charge in [-0.05, 0) is 35.0 Å². The second-order valence-corrected chi connectivity index (χ2v) is 6.40. The van der Waals surface area contributed by atoms with E-state index in [1.54, 1.807) is 19.1 Å². The molecular weight excluding hydrogens is 408 g/mol. The molecule has 2 rings (SSSR count). The van der Waals surface area contributed by atoms with Gasteiger partial charge in [0, 0.05) is 10.0 Å². The Labute approximate surface area is 138 Å². The van der Waals surface area contributed by atoms with Crippen LogP contribution in [-0.2, 0) is 14.3 Å². The van der Waals surface area contributed by atoms with Gasteiger partial charge in [0.1, 0.15) is 5.75 Å².